The maximum atomic E-state index is 12.4. The quantitative estimate of drug-likeness (QED) is 0.859. The van der Waals surface area contributed by atoms with Crippen LogP contribution in [-0.4, -0.2) is 4.98 Å². The van der Waals surface area contributed by atoms with Crippen LogP contribution in [0.3, 0.4) is 0 Å². The summed E-state index contributed by atoms with van der Waals surface area (Å²) in [4.78, 5) is 3.93. The lowest BCUT2D eigenvalue weighted by atomic mass is 10.1. The average molecular weight is 317 g/mol. The summed E-state index contributed by atoms with van der Waals surface area (Å²) in [5.41, 5.74) is 6.22. The number of halogens is 4. The summed E-state index contributed by atoms with van der Waals surface area (Å²) in [6, 6.07) is 6.61. The number of nitrogen functional groups attached to an aromatic ring is 1. The Hall–Kier alpha value is -1.56. The van der Waals surface area contributed by atoms with Crippen LogP contribution in [0, 0.1) is 0 Å². The molecular weight excluding hydrogens is 309 g/mol. The first-order valence-electron chi connectivity index (χ1n) is 4.96. The highest BCUT2D eigenvalue weighted by Gasteiger charge is 2.29. The van der Waals surface area contributed by atoms with Gasteiger partial charge in [0.1, 0.15) is 5.82 Å². The van der Waals surface area contributed by atoms with Crippen molar-refractivity contribution >= 4 is 21.7 Å². The summed E-state index contributed by atoms with van der Waals surface area (Å²) in [7, 11) is 0. The van der Waals surface area contributed by atoms with E-state index in [-0.39, 0.29) is 0 Å². The fraction of sp³-hybridized carbons (Fsp3) is 0.0833. The first-order chi connectivity index (χ1) is 8.38. The van der Waals surface area contributed by atoms with Crippen molar-refractivity contribution in [2.45, 2.75) is 6.18 Å². The molecule has 0 aliphatic heterocycles. The summed E-state index contributed by atoms with van der Waals surface area (Å²) in [6.07, 6.45) is -2.80. The highest BCUT2D eigenvalue weighted by Crippen LogP contribution is 2.31. The second-order valence-electron chi connectivity index (χ2n) is 3.67. The monoisotopic (exact) mass is 316 g/mol. The van der Waals surface area contributed by atoms with Crippen LogP contribution in [-0.2, 0) is 6.18 Å². The Morgan fingerprint density at radius 1 is 1.06 bits per heavy atom. The molecule has 2 N–H and O–H groups in total. The van der Waals surface area contributed by atoms with Gasteiger partial charge < -0.3 is 5.73 Å². The lowest BCUT2D eigenvalue weighted by molar-refractivity contribution is -0.137. The van der Waals surface area contributed by atoms with Crippen LogP contribution in [0.2, 0.25) is 0 Å². The number of hydrogen-bond acceptors (Lipinski definition) is 2. The van der Waals surface area contributed by atoms with Crippen LogP contribution in [0.15, 0.2) is 41.0 Å². The topological polar surface area (TPSA) is 38.9 Å². The Morgan fingerprint density at radius 3 is 2.17 bits per heavy atom. The van der Waals surface area contributed by atoms with Crippen LogP contribution < -0.4 is 5.73 Å². The smallest absolute Gasteiger partial charge is 0.383 e. The number of nitrogens with zero attached hydrogens (tertiary/aromatic N) is 1. The van der Waals surface area contributed by atoms with E-state index in [2.05, 4.69) is 20.9 Å². The number of rotatable bonds is 1. The van der Waals surface area contributed by atoms with Gasteiger partial charge in [-0.3, -0.25) is 0 Å². The molecular formula is C12H8BrF3N2. The number of nitrogens with two attached hydrogens (primary N) is 1. The summed E-state index contributed by atoms with van der Waals surface area (Å²) in [5, 5.41) is 0. The first kappa shape index (κ1) is 12.9. The molecule has 18 heavy (non-hydrogen) atoms. The van der Waals surface area contributed by atoms with Gasteiger partial charge in [0.05, 0.1) is 10.0 Å². The van der Waals surface area contributed by atoms with Crippen LogP contribution in [0.25, 0.3) is 11.1 Å². The molecule has 0 amide bonds. The molecule has 1 aromatic heterocycles. The van der Waals surface area contributed by atoms with Crippen LogP contribution in [0.1, 0.15) is 5.56 Å². The zero-order chi connectivity index (χ0) is 13.3. The molecule has 1 aromatic carbocycles. The van der Waals surface area contributed by atoms with E-state index in [0.29, 0.717) is 21.4 Å². The van der Waals surface area contributed by atoms with Crippen molar-refractivity contribution in [3.05, 3.63) is 46.6 Å². The fourth-order valence-electron chi connectivity index (χ4n) is 1.46. The van der Waals surface area contributed by atoms with E-state index < -0.39 is 11.7 Å². The molecule has 6 heteroatoms. The highest BCUT2D eigenvalue weighted by atomic mass is 79.9. The van der Waals surface area contributed by atoms with Gasteiger partial charge in [0.25, 0.3) is 0 Å². The lowest BCUT2D eigenvalue weighted by Crippen LogP contribution is -2.04. The van der Waals surface area contributed by atoms with Crippen molar-refractivity contribution < 1.29 is 13.2 Å². The second-order valence-corrected chi connectivity index (χ2v) is 4.52. The largest absolute Gasteiger partial charge is 0.416 e. The molecule has 0 aliphatic carbocycles. The molecule has 0 aliphatic rings. The van der Waals surface area contributed by atoms with Crippen molar-refractivity contribution in [2.75, 3.05) is 5.73 Å². The van der Waals surface area contributed by atoms with Gasteiger partial charge in [-0.1, -0.05) is 12.1 Å². The number of benzene rings is 1. The molecule has 2 aromatic rings. The number of aromatic nitrogens is 1. The van der Waals surface area contributed by atoms with E-state index in [4.69, 9.17) is 5.73 Å². The van der Waals surface area contributed by atoms with E-state index in [0.717, 1.165) is 12.1 Å². The average Bonchev–Trinajstić information content (AvgIpc) is 2.32. The number of anilines is 1. The summed E-state index contributed by atoms with van der Waals surface area (Å²) in [6.45, 7) is 0. The third kappa shape index (κ3) is 2.64. The number of alkyl halides is 3. The maximum absolute atomic E-state index is 12.4. The molecule has 0 fully saturated rings. The van der Waals surface area contributed by atoms with E-state index in [1.54, 1.807) is 6.07 Å². The van der Waals surface area contributed by atoms with Crippen molar-refractivity contribution in [3.63, 3.8) is 0 Å². The van der Waals surface area contributed by atoms with Gasteiger partial charge in [-0.15, -0.1) is 0 Å². The molecule has 0 bridgehead atoms. The Labute approximate surface area is 110 Å². The third-order valence-electron chi connectivity index (χ3n) is 2.42. The van der Waals surface area contributed by atoms with E-state index in [9.17, 15) is 13.2 Å². The van der Waals surface area contributed by atoms with Crippen molar-refractivity contribution in [2.24, 2.45) is 0 Å². The lowest BCUT2D eigenvalue weighted by Gasteiger charge is -2.08. The van der Waals surface area contributed by atoms with E-state index >= 15 is 0 Å². The first-order valence-corrected chi connectivity index (χ1v) is 5.76. The molecule has 0 radical (unpaired) electrons. The van der Waals surface area contributed by atoms with Crippen LogP contribution in [0.5, 0.6) is 0 Å². The molecule has 0 unspecified atom stereocenters. The minimum Gasteiger partial charge on any atom is -0.383 e. The zero-order valence-electron chi connectivity index (χ0n) is 9.00. The van der Waals surface area contributed by atoms with E-state index in [1.165, 1.54) is 18.3 Å². The van der Waals surface area contributed by atoms with Gasteiger partial charge in [-0.2, -0.15) is 13.2 Å². The van der Waals surface area contributed by atoms with Crippen molar-refractivity contribution in [1.82, 2.24) is 4.98 Å². The second kappa shape index (κ2) is 4.61. The zero-order valence-corrected chi connectivity index (χ0v) is 10.6. The molecule has 2 nitrogen and oxygen atoms in total. The Kier molecular flexibility index (Phi) is 3.30. The van der Waals surface area contributed by atoms with E-state index in [1.807, 2.05) is 0 Å². The van der Waals surface area contributed by atoms with Gasteiger partial charge in [-0.25, -0.2) is 4.98 Å². The molecule has 0 saturated carbocycles. The van der Waals surface area contributed by atoms with Gasteiger partial charge in [0, 0.05) is 11.8 Å². The molecule has 0 atom stereocenters. The van der Waals surface area contributed by atoms with Gasteiger partial charge in [0.2, 0.25) is 0 Å². The van der Waals surface area contributed by atoms with Gasteiger partial charge in [-0.05, 0) is 39.7 Å². The number of hydrogen-bond donors (Lipinski definition) is 1. The van der Waals surface area contributed by atoms with Gasteiger partial charge >= 0.3 is 6.18 Å². The number of pyridine rings is 1. The summed E-state index contributed by atoms with van der Waals surface area (Å²) >= 11 is 3.22. The minimum atomic E-state index is -4.32. The van der Waals surface area contributed by atoms with Gasteiger partial charge in [0.15, 0.2) is 0 Å². The molecule has 94 valence electrons. The van der Waals surface area contributed by atoms with Crippen molar-refractivity contribution in [3.8, 4) is 11.1 Å². The standard InChI is InChI=1S/C12H8BrF3N2/c13-10-5-8(6-18-11(10)17)7-1-3-9(4-2-7)12(14,15)16/h1-6H,(H2,17,18). The highest BCUT2D eigenvalue weighted by molar-refractivity contribution is 9.10. The minimum absolute atomic E-state index is 0.339. The molecule has 1 heterocycles. The predicted octanol–water partition coefficient (Wildman–Crippen LogP) is 4.11. The summed E-state index contributed by atoms with van der Waals surface area (Å²) < 4.78 is 37.8. The van der Waals surface area contributed by atoms with Crippen LogP contribution >= 0.6 is 15.9 Å². The molecule has 0 spiro atoms. The normalized spacial score (nSPS) is 11.6. The predicted molar refractivity (Wildman–Crippen MR) is 66.8 cm³/mol. The van der Waals surface area contributed by atoms with Crippen molar-refractivity contribution in [1.29, 1.82) is 0 Å². The maximum Gasteiger partial charge on any atom is 0.416 e. The fourth-order valence-corrected chi connectivity index (χ4v) is 1.81. The van der Waals surface area contributed by atoms with Crippen LogP contribution in [0.4, 0.5) is 19.0 Å². The molecule has 2 rings (SSSR count). The third-order valence-corrected chi connectivity index (χ3v) is 3.05. The Bertz CT molecular complexity index is 565. The molecule has 0 saturated heterocycles. The SMILES string of the molecule is Nc1ncc(-c2ccc(C(F)(F)F)cc2)cc1Br. The Balaban J connectivity index is 2.37. The Morgan fingerprint density at radius 2 is 1.67 bits per heavy atom. The summed E-state index contributed by atoms with van der Waals surface area (Å²) in [5.74, 6) is 0.339.